The van der Waals surface area contributed by atoms with Crippen LogP contribution in [-0.2, 0) is 6.42 Å². The van der Waals surface area contributed by atoms with E-state index in [0.29, 0.717) is 11.4 Å². The fourth-order valence-electron chi connectivity index (χ4n) is 1.43. The molecule has 0 amide bonds. The first-order valence-corrected chi connectivity index (χ1v) is 6.06. The van der Waals surface area contributed by atoms with Gasteiger partial charge in [0.2, 0.25) is 0 Å². The molecule has 1 atom stereocenters. The Morgan fingerprint density at radius 3 is 2.94 bits per heavy atom. The Bertz CT molecular complexity index is 473. The number of thiazole rings is 1. The summed E-state index contributed by atoms with van der Waals surface area (Å²) in [5.41, 5.74) is 9.38. The van der Waals surface area contributed by atoms with Gasteiger partial charge in [0.15, 0.2) is 0 Å². The van der Waals surface area contributed by atoms with Crippen molar-refractivity contribution in [3.8, 4) is 0 Å². The summed E-state index contributed by atoms with van der Waals surface area (Å²) in [6.45, 7) is 0. The average Bonchev–Trinajstić information content (AvgIpc) is 2.75. The number of halogens is 2. The number of benzene rings is 1. The SMILES string of the molecule is NC(Cc1ccc(F)cc1Cl)c1cscn1. The van der Waals surface area contributed by atoms with Crippen molar-refractivity contribution in [3.63, 3.8) is 0 Å². The Morgan fingerprint density at radius 2 is 2.31 bits per heavy atom. The topological polar surface area (TPSA) is 38.9 Å². The molecule has 0 saturated heterocycles. The molecule has 0 saturated carbocycles. The highest BCUT2D eigenvalue weighted by Crippen LogP contribution is 2.22. The summed E-state index contributed by atoms with van der Waals surface area (Å²) < 4.78 is 12.8. The molecule has 0 aliphatic carbocycles. The van der Waals surface area contributed by atoms with Gasteiger partial charge in [-0.1, -0.05) is 17.7 Å². The maximum atomic E-state index is 12.8. The van der Waals surface area contributed by atoms with Gasteiger partial charge in [-0.15, -0.1) is 11.3 Å². The van der Waals surface area contributed by atoms with Crippen LogP contribution in [0.25, 0.3) is 0 Å². The van der Waals surface area contributed by atoms with Crippen LogP contribution in [0.2, 0.25) is 5.02 Å². The zero-order valence-electron chi connectivity index (χ0n) is 8.36. The number of hydrogen-bond donors (Lipinski definition) is 1. The highest BCUT2D eigenvalue weighted by atomic mass is 35.5. The molecule has 1 unspecified atom stereocenters. The van der Waals surface area contributed by atoms with Crippen molar-refractivity contribution in [2.75, 3.05) is 0 Å². The molecule has 1 heterocycles. The third-order valence-electron chi connectivity index (χ3n) is 2.29. The van der Waals surface area contributed by atoms with Crippen molar-refractivity contribution in [1.29, 1.82) is 0 Å². The van der Waals surface area contributed by atoms with E-state index in [1.165, 1.54) is 23.5 Å². The van der Waals surface area contributed by atoms with Crippen LogP contribution >= 0.6 is 22.9 Å². The highest BCUT2D eigenvalue weighted by molar-refractivity contribution is 7.07. The largest absolute Gasteiger partial charge is 0.322 e. The molecule has 5 heteroatoms. The van der Waals surface area contributed by atoms with Crippen LogP contribution in [0.3, 0.4) is 0 Å². The second-order valence-corrected chi connectivity index (χ2v) is 4.59. The van der Waals surface area contributed by atoms with Gasteiger partial charge < -0.3 is 5.73 Å². The maximum absolute atomic E-state index is 12.8. The smallest absolute Gasteiger partial charge is 0.124 e. The first-order chi connectivity index (χ1) is 7.66. The van der Waals surface area contributed by atoms with Crippen LogP contribution < -0.4 is 5.73 Å². The van der Waals surface area contributed by atoms with Crippen LogP contribution in [0, 0.1) is 5.82 Å². The monoisotopic (exact) mass is 256 g/mol. The Morgan fingerprint density at radius 1 is 1.50 bits per heavy atom. The number of rotatable bonds is 3. The van der Waals surface area contributed by atoms with Crippen LogP contribution in [-0.4, -0.2) is 4.98 Å². The average molecular weight is 257 g/mol. The van der Waals surface area contributed by atoms with E-state index in [2.05, 4.69) is 4.98 Å². The van der Waals surface area contributed by atoms with Crippen LogP contribution in [0.5, 0.6) is 0 Å². The second kappa shape index (κ2) is 4.91. The molecule has 0 aliphatic heterocycles. The molecule has 0 aliphatic rings. The molecule has 2 aromatic rings. The number of aromatic nitrogens is 1. The molecule has 84 valence electrons. The van der Waals surface area contributed by atoms with Crippen molar-refractivity contribution >= 4 is 22.9 Å². The van der Waals surface area contributed by atoms with Crippen molar-refractivity contribution < 1.29 is 4.39 Å². The summed E-state index contributed by atoms with van der Waals surface area (Å²) in [6.07, 6.45) is 0.558. The third-order valence-corrected chi connectivity index (χ3v) is 3.24. The standard InChI is InChI=1S/C11H10ClFN2S/c12-9-4-8(13)2-1-7(9)3-10(14)11-5-16-6-15-11/h1-2,4-6,10H,3,14H2. The molecule has 2 nitrogen and oxygen atoms in total. The van der Waals surface area contributed by atoms with Gasteiger partial charge in [0.05, 0.1) is 17.2 Å². The van der Waals surface area contributed by atoms with Crippen LogP contribution in [0.4, 0.5) is 4.39 Å². The molecule has 0 fully saturated rings. The minimum atomic E-state index is -0.337. The van der Waals surface area contributed by atoms with Crippen molar-refractivity contribution in [1.82, 2.24) is 4.98 Å². The van der Waals surface area contributed by atoms with Gasteiger partial charge in [-0.25, -0.2) is 9.37 Å². The van der Waals surface area contributed by atoms with E-state index in [0.717, 1.165) is 11.3 Å². The molecule has 0 bridgehead atoms. The van der Waals surface area contributed by atoms with Gasteiger partial charge in [-0.3, -0.25) is 0 Å². The van der Waals surface area contributed by atoms with Crippen molar-refractivity contribution in [2.24, 2.45) is 5.73 Å². The van der Waals surface area contributed by atoms with Gasteiger partial charge >= 0.3 is 0 Å². The molecule has 2 N–H and O–H groups in total. The lowest BCUT2D eigenvalue weighted by atomic mass is 10.0. The summed E-state index contributed by atoms with van der Waals surface area (Å²) in [4.78, 5) is 4.14. The van der Waals surface area contributed by atoms with E-state index < -0.39 is 0 Å². The fourth-order valence-corrected chi connectivity index (χ4v) is 2.30. The van der Waals surface area contributed by atoms with E-state index in [9.17, 15) is 4.39 Å². The quantitative estimate of drug-likeness (QED) is 0.916. The summed E-state index contributed by atoms with van der Waals surface area (Å²) in [6, 6.07) is 4.14. The Labute approximate surface area is 102 Å². The lowest BCUT2D eigenvalue weighted by molar-refractivity contribution is 0.625. The van der Waals surface area contributed by atoms with E-state index in [1.807, 2.05) is 5.38 Å². The van der Waals surface area contributed by atoms with E-state index in [-0.39, 0.29) is 11.9 Å². The van der Waals surface area contributed by atoms with Crippen molar-refractivity contribution in [3.05, 3.63) is 51.2 Å². The Hall–Kier alpha value is -0.970. The molecule has 1 aromatic carbocycles. The lowest BCUT2D eigenvalue weighted by Gasteiger charge is -2.10. The summed E-state index contributed by atoms with van der Waals surface area (Å²) >= 11 is 7.42. The summed E-state index contributed by atoms with van der Waals surface area (Å²) in [7, 11) is 0. The predicted octanol–water partition coefficient (Wildman–Crippen LogP) is 3.18. The minimum Gasteiger partial charge on any atom is -0.322 e. The van der Waals surface area contributed by atoms with Gasteiger partial charge in [0.25, 0.3) is 0 Å². The molecule has 0 spiro atoms. The van der Waals surface area contributed by atoms with Gasteiger partial charge in [-0.2, -0.15) is 0 Å². The van der Waals surface area contributed by atoms with E-state index >= 15 is 0 Å². The lowest BCUT2D eigenvalue weighted by Crippen LogP contribution is -2.13. The molecular formula is C11H10ClFN2S. The fraction of sp³-hybridized carbons (Fsp3) is 0.182. The van der Waals surface area contributed by atoms with Crippen LogP contribution in [0.1, 0.15) is 17.3 Å². The third kappa shape index (κ3) is 2.58. The van der Waals surface area contributed by atoms with E-state index in [4.69, 9.17) is 17.3 Å². The zero-order chi connectivity index (χ0) is 11.5. The van der Waals surface area contributed by atoms with Gasteiger partial charge in [-0.05, 0) is 24.1 Å². The highest BCUT2D eigenvalue weighted by Gasteiger charge is 2.11. The molecule has 2 rings (SSSR count). The minimum absolute atomic E-state index is 0.200. The first kappa shape index (κ1) is 11.5. The van der Waals surface area contributed by atoms with Gasteiger partial charge in [0.1, 0.15) is 5.82 Å². The van der Waals surface area contributed by atoms with E-state index in [1.54, 1.807) is 11.6 Å². The Balaban J connectivity index is 2.15. The second-order valence-electron chi connectivity index (χ2n) is 3.46. The molecular weight excluding hydrogens is 247 g/mol. The van der Waals surface area contributed by atoms with Crippen LogP contribution in [0.15, 0.2) is 29.1 Å². The maximum Gasteiger partial charge on any atom is 0.124 e. The van der Waals surface area contributed by atoms with Gasteiger partial charge in [0, 0.05) is 10.4 Å². The number of nitrogens with zero attached hydrogens (tertiary/aromatic N) is 1. The molecule has 1 aromatic heterocycles. The molecule has 16 heavy (non-hydrogen) atoms. The summed E-state index contributed by atoms with van der Waals surface area (Å²) in [5.74, 6) is -0.337. The first-order valence-electron chi connectivity index (χ1n) is 4.74. The predicted molar refractivity (Wildman–Crippen MR) is 64.2 cm³/mol. The number of hydrogen-bond acceptors (Lipinski definition) is 3. The number of nitrogens with two attached hydrogens (primary N) is 1. The van der Waals surface area contributed by atoms with Crippen molar-refractivity contribution in [2.45, 2.75) is 12.5 Å². The summed E-state index contributed by atoms with van der Waals surface area (Å²) in [5, 5.41) is 2.31. The zero-order valence-corrected chi connectivity index (χ0v) is 9.93. The Kier molecular flexibility index (Phi) is 3.53. The normalized spacial score (nSPS) is 12.7. The molecule has 0 radical (unpaired) electrons.